The number of nitrogens with one attached hydrogen (secondary N) is 1. The van der Waals surface area contributed by atoms with Crippen molar-refractivity contribution in [3.8, 4) is 5.75 Å². The SMILES string of the molecule is CCC(NCC(C)(C)N1CCOCC1)c1ccccc1O. The number of morpholine rings is 1. The molecule has 1 aromatic carbocycles. The third-order valence-electron chi connectivity index (χ3n) is 4.37. The predicted octanol–water partition coefficient (Wildman–Crippen LogP) is 2.54. The van der Waals surface area contributed by atoms with Crippen LogP contribution in [0.2, 0.25) is 0 Å². The number of aromatic hydroxyl groups is 1. The highest BCUT2D eigenvalue weighted by Gasteiger charge is 2.29. The molecule has 0 spiro atoms. The van der Waals surface area contributed by atoms with Gasteiger partial charge in [0, 0.05) is 36.8 Å². The van der Waals surface area contributed by atoms with Crippen molar-refractivity contribution in [2.45, 2.75) is 38.8 Å². The van der Waals surface area contributed by atoms with Gasteiger partial charge in [-0.25, -0.2) is 0 Å². The smallest absolute Gasteiger partial charge is 0.120 e. The Morgan fingerprint density at radius 3 is 2.57 bits per heavy atom. The van der Waals surface area contributed by atoms with Gasteiger partial charge in [0.25, 0.3) is 0 Å². The van der Waals surface area contributed by atoms with Crippen molar-refractivity contribution in [3.05, 3.63) is 29.8 Å². The molecule has 4 nitrogen and oxygen atoms in total. The lowest BCUT2D eigenvalue weighted by molar-refractivity contribution is -0.0104. The van der Waals surface area contributed by atoms with Gasteiger partial charge in [-0.1, -0.05) is 25.1 Å². The van der Waals surface area contributed by atoms with E-state index in [4.69, 9.17) is 4.74 Å². The van der Waals surface area contributed by atoms with Crippen molar-refractivity contribution in [1.29, 1.82) is 0 Å². The highest BCUT2D eigenvalue weighted by molar-refractivity contribution is 5.34. The first-order chi connectivity index (χ1) is 10.0. The average Bonchev–Trinajstić information content (AvgIpc) is 2.50. The van der Waals surface area contributed by atoms with Gasteiger partial charge in [0.2, 0.25) is 0 Å². The van der Waals surface area contributed by atoms with Gasteiger partial charge in [0.15, 0.2) is 0 Å². The molecule has 21 heavy (non-hydrogen) atoms. The van der Waals surface area contributed by atoms with Crippen LogP contribution in [0.3, 0.4) is 0 Å². The Morgan fingerprint density at radius 2 is 1.95 bits per heavy atom. The van der Waals surface area contributed by atoms with E-state index < -0.39 is 0 Å². The van der Waals surface area contributed by atoms with E-state index in [-0.39, 0.29) is 11.6 Å². The second-order valence-electron chi connectivity index (χ2n) is 6.31. The summed E-state index contributed by atoms with van der Waals surface area (Å²) in [6, 6.07) is 7.78. The summed E-state index contributed by atoms with van der Waals surface area (Å²) in [5, 5.41) is 13.6. The average molecular weight is 292 g/mol. The van der Waals surface area contributed by atoms with Crippen LogP contribution in [-0.2, 0) is 4.74 Å². The van der Waals surface area contributed by atoms with Crippen molar-refractivity contribution in [2.24, 2.45) is 0 Å². The van der Waals surface area contributed by atoms with Crippen LogP contribution >= 0.6 is 0 Å². The number of rotatable bonds is 6. The number of phenols is 1. The van der Waals surface area contributed by atoms with Crippen molar-refractivity contribution in [3.63, 3.8) is 0 Å². The summed E-state index contributed by atoms with van der Waals surface area (Å²) in [5.74, 6) is 0.376. The number of ether oxygens (including phenoxy) is 1. The maximum Gasteiger partial charge on any atom is 0.120 e. The molecule has 4 heteroatoms. The summed E-state index contributed by atoms with van der Waals surface area (Å²) in [4.78, 5) is 2.47. The number of hydrogen-bond donors (Lipinski definition) is 2. The van der Waals surface area contributed by atoms with E-state index in [1.54, 1.807) is 6.07 Å². The molecule has 0 aliphatic carbocycles. The Balaban J connectivity index is 1.97. The van der Waals surface area contributed by atoms with Gasteiger partial charge in [0.05, 0.1) is 13.2 Å². The summed E-state index contributed by atoms with van der Waals surface area (Å²) in [7, 11) is 0. The van der Waals surface area contributed by atoms with Crippen molar-refractivity contribution >= 4 is 0 Å². The third kappa shape index (κ3) is 4.19. The number of hydrogen-bond acceptors (Lipinski definition) is 4. The van der Waals surface area contributed by atoms with E-state index in [1.165, 1.54) is 0 Å². The lowest BCUT2D eigenvalue weighted by atomic mass is 9.98. The van der Waals surface area contributed by atoms with Crippen molar-refractivity contribution in [1.82, 2.24) is 10.2 Å². The molecule has 0 bridgehead atoms. The van der Waals surface area contributed by atoms with Gasteiger partial charge in [-0.05, 0) is 26.3 Å². The van der Waals surface area contributed by atoms with E-state index in [2.05, 4.69) is 31.0 Å². The molecule has 1 aromatic rings. The fourth-order valence-electron chi connectivity index (χ4n) is 2.91. The normalized spacial score (nSPS) is 18.6. The molecule has 0 radical (unpaired) electrons. The van der Waals surface area contributed by atoms with Gasteiger partial charge in [-0.3, -0.25) is 4.90 Å². The van der Waals surface area contributed by atoms with Crippen LogP contribution < -0.4 is 5.32 Å². The molecular weight excluding hydrogens is 264 g/mol. The molecule has 2 rings (SSSR count). The van der Waals surface area contributed by atoms with E-state index in [0.717, 1.165) is 44.8 Å². The monoisotopic (exact) mass is 292 g/mol. The van der Waals surface area contributed by atoms with E-state index in [1.807, 2.05) is 18.2 Å². The lowest BCUT2D eigenvalue weighted by Gasteiger charge is -2.41. The minimum atomic E-state index is 0.0849. The molecule has 0 amide bonds. The van der Waals surface area contributed by atoms with Crippen LogP contribution in [0.5, 0.6) is 5.75 Å². The Labute approximate surface area is 128 Å². The lowest BCUT2D eigenvalue weighted by Crippen LogP contribution is -2.55. The van der Waals surface area contributed by atoms with E-state index in [0.29, 0.717) is 5.75 Å². The molecule has 1 fully saturated rings. The van der Waals surface area contributed by atoms with Crippen LogP contribution in [-0.4, -0.2) is 48.4 Å². The first kappa shape index (κ1) is 16.3. The van der Waals surface area contributed by atoms with Crippen molar-refractivity contribution < 1.29 is 9.84 Å². The van der Waals surface area contributed by atoms with Crippen molar-refractivity contribution in [2.75, 3.05) is 32.8 Å². The molecule has 1 aliphatic rings. The quantitative estimate of drug-likeness (QED) is 0.846. The molecule has 118 valence electrons. The largest absolute Gasteiger partial charge is 0.508 e. The topological polar surface area (TPSA) is 44.7 Å². The van der Waals surface area contributed by atoms with E-state index >= 15 is 0 Å². The van der Waals surface area contributed by atoms with Gasteiger partial charge < -0.3 is 15.2 Å². The van der Waals surface area contributed by atoms with Crippen LogP contribution in [0.25, 0.3) is 0 Å². The predicted molar refractivity (Wildman–Crippen MR) is 85.6 cm³/mol. The summed E-state index contributed by atoms with van der Waals surface area (Å²) < 4.78 is 5.43. The Morgan fingerprint density at radius 1 is 1.29 bits per heavy atom. The third-order valence-corrected chi connectivity index (χ3v) is 4.37. The fourth-order valence-corrected chi connectivity index (χ4v) is 2.91. The van der Waals surface area contributed by atoms with Crippen LogP contribution in [0.4, 0.5) is 0 Å². The second-order valence-corrected chi connectivity index (χ2v) is 6.31. The standard InChI is InChI=1S/C17H28N2O2/c1-4-15(14-7-5-6-8-16(14)20)18-13-17(2,3)19-9-11-21-12-10-19/h5-8,15,18,20H,4,9-13H2,1-3H3. The Kier molecular flexibility index (Phi) is 5.62. The summed E-state index contributed by atoms with van der Waals surface area (Å²) in [5.41, 5.74) is 1.07. The molecule has 1 saturated heterocycles. The highest BCUT2D eigenvalue weighted by atomic mass is 16.5. The molecule has 1 heterocycles. The highest BCUT2D eigenvalue weighted by Crippen LogP contribution is 2.26. The van der Waals surface area contributed by atoms with Gasteiger partial charge in [-0.2, -0.15) is 0 Å². The molecule has 2 N–H and O–H groups in total. The van der Waals surface area contributed by atoms with Gasteiger partial charge in [0.1, 0.15) is 5.75 Å². The summed E-state index contributed by atoms with van der Waals surface area (Å²) in [6.07, 6.45) is 0.955. The van der Waals surface area contributed by atoms with Crippen LogP contribution in [0, 0.1) is 0 Å². The molecular formula is C17H28N2O2. The minimum Gasteiger partial charge on any atom is -0.508 e. The Bertz CT molecular complexity index is 442. The summed E-state index contributed by atoms with van der Waals surface area (Å²) >= 11 is 0. The minimum absolute atomic E-state index is 0.0849. The first-order valence-corrected chi connectivity index (χ1v) is 7.88. The first-order valence-electron chi connectivity index (χ1n) is 7.88. The molecule has 0 aromatic heterocycles. The zero-order valence-electron chi connectivity index (χ0n) is 13.4. The molecule has 1 aliphatic heterocycles. The van der Waals surface area contributed by atoms with Gasteiger partial charge >= 0.3 is 0 Å². The maximum absolute atomic E-state index is 10.0. The second kappa shape index (κ2) is 7.25. The zero-order chi connectivity index (χ0) is 15.3. The zero-order valence-corrected chi connectivity index (χ0v) is 13.4. The van der Waals surface area contributed by atoms with Crippen LogP contribution in [0.15, 0.2) is 24.3 Å². The number of para-hydroxylation sites is 1. The summed E-state index contributed by atoms with van der Waals surface area (Å²) in [6.45, 7) is 11.2. The Hall–Kier alpha value is -1.10. The maximum atomic E-state index is 10.0. The molecule has 1 atom stereocenters. The fraction of sp³-hybridized carbons (Fsp3) is 0.647. The molecule has 0 saturated carbocycles. The number of nitrogens with zero attached hydrogens (tertiary/aromatic N) is 1. The number of phenolic OH excluding ortho intramolecular Hbond substituents is 1. The van der Waals surface area contributed by atoms with E-state index in [9.17, 15) is 5.11 Å². The number of benzene rings is 1. The van der Waals surface area contributed by atoms with Gasteiger partial charge in [-0.15, -0.1) is 0 Å². The molecule has 1 unspecified atom stereocenters. The van der Waals surface area contributed by atoms with Crippen LogP contribution in [0.1, 0.15) is 38.8 Å².